The Morgan fingerprint density at radius 3 is 2.11 bits per heavy atom. The topological polar surface area (TPSA) is 69.2 Å². The quantitative estimate of drug-likeness (QED) is 0.662. The Morgan fingerprint density at radius 1 is 1.11 bits per heavy atom. The van der Waals surface area contributed by atoms with Gasteiger partial charge in [-0.3, -0.25) is 0 Å². The molecule has 0 saturated heterocycles. The van der Waals surface area contributed by atoms with Crippen LogP contribution in [0.2, 0.25) is 0 Å². The minimum absolute atomic E-state index is 0.409. The van der Waals surface area contributed by atoms with Crippen molar-refractivity contribution >= 4 is 20.6 Å². The molecule has 0 bridgehead atoms. The molecule has 8 heteroatoms. The minimum atomic E-state index is -4.15. The first-order valence-electron chi connectivity index (χ1n) is 4.96. The molecular weight excluding hydrogens is 349 g/mol. The summed E-state index contributed by atoms with van der Waals surface area (Å²) in [5, 5.41) is 0.746. The standard InChI is InChI=1S/C11H10F3S.BrO3/c1-7-4-3-5-10-9(7)6-8(2)15(10)11(12,13)14;2-1(3)4/h3-6H,1-2H3;/q+1;-1. The highest BCUT2D eigenvalue weighted by Crippen LogP contribution is 2.50. The van der Waals surface area contributed by atoms with Crippen LogP contribution in [0.4, 0.5) is 13.2 Å². The van der Waals surface area contributed by atoms with E-state index >= 15 is 0 Å². The number of rotatable bonds is 0. The third-order valence-corrected chi connectivity index (χ3v) is 4.43. The van der Waals surface area contributed by atoms with Gasteiger partial charge in [-0.25, -0.2) is 0 Å². The van der Waals surface area contributed by atoms with Crippen LogP contribution in [-0.4, -0.2) is 0 Å². The lowest BCUT2D eigenvalue weighted by atomic mass is 10.1. The molecule has 0 saturated carbocycles. The largest absolute Gasteiger partial charge is 0.600 e. The van der Waals surface area contributed by atoms with Crippen LogP contribution in [-0.2, 0) is 5.51 Å². The number of fused-ring (bicyclic) bond motifs is 1. The Balaban J connectivity index is 0.000000399. The molecule has 1 aromatic carbocycles. The van der Waals surface area contributed by atoms with Gasteiger partial charge in [0.25, 0.3) is 0 Å². The van der Waals surface area contributed by atoms with Crippen molar-refractivity contribution < 1.29 is 40.6 Å². The second-order valence-corrected chi connectivity index (χ2v) is 6.63. The smallest absolute Gasteiger partial charge is 0.405 e. The summed E-state index contributed by atoms with van der Waals surface area (Å²) in [5.74, 6) is 0. The molecule has 2 aromatic rings. The van der Waals surface area contributed by atoms with Gasteiger partial charge >= 0.3 is 5.51 Å². The van der Waals surface area contributed by atoms with Gasteiger partial charge in [-0.05, 0) is 18.6 Å². The van der Waals surface area contributed by atoms with Gasteiger partial charge < -0.3 is 12.6 Å². The van der Waals surface area contributed by atoms with Crippen LogP contribution in [0.25, 0.3) is 10.1 Å². The van der Waals surface area contributed by atoms with Crippen LogP contribution in [0.3, 0.4) is 0 Å². The molecule has 1 heterocycles. The minimum Gasteiger partial charge on any atom is -0.405 e. The zero-order valence-corrected chi connectivity index (χ0v) is 12.4. The predicted octanol–water partition coefficient (Wildman–Crippen LogP) is 1.12. The Kier molecular flexibility index (Phi) is 5.34. The monoisotopic (exact) mass is 358 g/mol. The molecule has 1 unspecified atom stereocenters. The van der Waals surface area contributed by atoms with E-state index in [0.717, 1.165) is 10.9 Å². The van der Waals surface area contributed by atoms with E-state index in [1.54, 1.807) is 25.1 Å². The second-order valence-electron chi connectivity index (χ2n) is 3.68. The Bertz CT molecular complexity index is 563. The van der Waals surface area contributed by atoms with E-state index in [1.807, 2.05) is 13.0 Å². The fourth-order valence-electron chi connectivity index (χ4n) is 1.76. The third-order valence-electron chi connectivity index (χ3n) is 2.41. The molecule has 1 atom stereocenters. The number of hydrogen-bond donors (Lipinski definition) is 0. The number of halogens is 4. The van der Waals surface area contributed by atoms with Gasteiger partial charge in [0.1, 0.15) is 0 Å². The van der Waals surface area contributed by atoms with Gasteiger partial charge in [0.2, 0.25) is 14.8 Å². The Morgan fingerprint density at radius 2 is 1.63 bits per heavy atom. The van der Waals surface area contributed by atoms with Crippen LogP contribution in [0.15, 0.2) is 24.3 Å². The van der Waals surface area contributed by atoms with Crippen molar-refractivity contribution in [1.29, 1.82) is 0 Å². The predicted molar refractivity (Wildman–Crippen MR) is 57.2 cm³/mol. The van der Waals surface area contributed by atoms with E-state index in [0.29, 0.717) is 9.58 Å². The van der Waals surface area contributed by atoms with E-state index < -0.39 is 30.8 Å². The maximum absolute atomic E-state index is 12.8. The summed E-state index contributed by atoms with van der Waals surface area (Å²) in [5.41, 5.74) is -3.24. The number of thiophene rings is 1. The van der Waals surface area contributed by atoms with Gasteiger partial charge in [0.05, 0.1) is 10.5 Å². The summed E-state index contributed by atoms with van der Waals surface area (Å²) >= 11 is -3.65. The first-order valence-corrected chi connectivity index (χ1v) is 8.13. The van der Waals surface area contributed by atoms with Crippen molar-refractivity contribution in [1.82, 2.24) is 0 Å². The number of hydrogen-bond acceptors (Lipinski definition) is 3. The lowest BCUT2D eigenvalue weighted by Gasteiger charge is -1.97. The zero-order chi connectivity index (χ0) is 14.8. The maximum atomic E-state index is 12.8. The fourth-order valence-corrected chi connectivity index (χ4v) is 3.61. The van der Waals surface area contributed by atoms with E-state index in [2.05, 4.69) is 0 Å². The van der Waals surface area contributed by atoms with Gasteiger partial charge in [-0.2, -0.15) is 0 Å². The average Bonchev–Trinajstić information content (AvgIpc) is 2.54. The molecule has 0 radical (unpaired) electrons. The molecule has 0 amide bonds. The lowest BCUT2D eigenvalue weighted by molar-refractivity contribution is -1.73. The molecule has 106 valence electrons. The highest BCUT2D eigenvalue weighted by Gasteiger charge is 2.46. The molecule has 0 spiro atoms. The lowest BCUT2D eigenvalue weighted by Crippen LogP contribution is -2.42. The van der Waals surface area contributed by atoms with E-state index in [-0.39, 0.29) is 0 Å². The van der Waals surface area contributed by atoms with E-state index in [4.69, 9.17) is 12.6 Å². The molecule has 3 nitrogen and oxygen atoms in total. The summed E-state index contributed by atoms with van der Waals surface area (Å²) in [4.78, 5) is 0.409. The zero-order valence-electron chi connectivity index (χ0n) is 9.95. The van der Waals surface area contributed by atoms with E-state index in [9.17, 15) is 13.2 Å². The van der Waals surface area contributed by atoms with Gasteiger partial charge in [0, 0.05) is 18.4 Å². The average molecular weight is 359 g/mol. The van der Waals surface area contributed by atoms with Crippen molar-refractivity contribution in [2.45, 2.75) is 19.4 Å². The first kappa shape index (κ1) is 16.4. The molecule has 0 N–H and O–H groups in total. The van der Waals surface area contributed by atoms with Crippen LogP contribution < -0.4 is 12.6 Å². The molecular formula is C11H10BrF3O3S. The van der Waals surface area contributed by atoms with Crippen molar-refractivity contribution in [2.75, 3.05) is 0 Å². The molecule has 19 heavy (non-hydrogen) atoms. The molecule has 0 aliphatic carbocycles. The fraction of sp³-hybridized carbons (Fsp3) is 0.273. The highest BCUT2D eigenvalue weighted by molar-refractivity contribution is 7.38. The SMILES string of the molecule is Cc1cccc2c1cc(C)[s+]2C(F)(F)F.[O-][Br+2]([O-])[O-]. The van der Waals surface area contributed by atoms with Crippen LogP contribution >= 0.6 is 10.5 Å². The molecule has 0 aliphatic heterocycles. The van der Waals surface area contributed by atoms with Gasteiger partial charge in [-0.1, -0.05) is 12.1 Å². The summed E-state index contributed by atoms with van der Waals surface area (Å²) in [7, 11) is -1.71. The summed E-state index contributed by atoms with van der Waals surface area (Å²) < 4.78 is 64.4. The second kappa shape index (κ2) is 6.19. The van der Waals surface area contributed by atoms with Gasteiger partial charge in [-0.15, -0.1) is 13.2 Å². The third kappa shape index (κ3) is 4.15. The Labute approximate surface area is 115 Å². The maximum Gasteiger partial charge on any atom is 0.600 e. The van der Waals surface area contributed by atoms with E-state index in [1.165, 1.54) is 0 Å². The van der Waals surface area contributed by atoms with Crippen LogP contribution in [0.5, 0.6) is 0 Å². The van der Waals surface area contributed by atoms with Crippen LogP contribution in [0.1, 0.15) is 10.4 Å². The number of benzene rings is 1. The molecule has 1 aromatic heterocycles. The summed E-state index contributed by atoms with van der Waals surface area (Å²) in [6.07, 6.45) is 0. The summed E-state index contributed by atoms with van der Waals surface area (Å²) in [6, 6.07) is 6.76. The summed E-state index contributed by atoms with van der Waals surface area (Å²) in [6.45, 7) is 3.39. The van der Waals surface area contributed by atoms with Crippen molar-refractivity contribution in [3.05, 3.63) is 34.7 Å². The molecule has 2 rings (SSSR count). The Hall–Kier alpha value is -0.670. The van der Waals surface area contributed by atoms with Crippen LogP contribution in [0, 0.1) is 28.7 Å². The van der Waals surface area contributed by atoms with Crippen molar-refractivity contribution in [3.8, 4) is 0 Å². The number of alkyl halides is 3. The number of aryl methyl sites for hydroxylation is 2. The van der Waals surface area contributed by atoms with Crippen molar-refractivity contribution in [2.24, 2.45) is 0 Å². The molecule has 0 aliphatic rings. The first-order chi connectivity index (χ1) is 8.64. The normalized spacial score (nSPS) is 12.6. The van der Waals surface area contributed by atoms with Crippen molar-refractivity contribution in [3.63, 3.8) is 0 Å². The van der Waals surface area contributed by atoms with Gasteiger partial charge in [0.15, 0.2) is 9.58 Å². The molecule has 0 fully saturated rings. The highest BCUT2D eigenvalue weighted by atomic mass is 80.0.